The highest BCUT2D eigenvalue weighted by atomic mass is 16.6. The monoisotopic (exact) mass is 245 g/mol. The second-order valence-electron chi connectivity index (χ2n) is 3.59. The van der Waals surface area contributed by atoms with Gasteiger partial charge in [-0.2, -0.15) is 0 Å². The second-order valence-corrected chi connectivity index (χ2v) is 3.59. The third-order valence-corrected chi connectivity index (χ3v) is 2.48. The van der Waals surface area contributed by atoms with E-state index >= 15 is 0 Å². The van der Waals surface area contributed by atoms with Crippen molar-refractivity contribution >= 4 is 11.4 Å². The average Bonchev–Trinajstić information content (AvgIpc) is 2.38. The Labute approximate surface area is 103 Å². The zero-order valence-corrected chi connectivity index (χ0v) is 9.66. The molecule has 0 fully saturated rings. The Kier molecular flexibility index (Phi) is 3.09. The normalized spacial score (nSPS) is 10.1. The zero-order valence-electron chi connectivity index (χ0n) is 9.66. The highest BCUT2D eigenvalue weighted by molar-refractivity contribution is 5.78. The van der Waals surface area contributed by atoms with Crippen LogP contribution in [0, 0.1) is 10.1 Å². The number of aromatic nitrogens is 1. The number of benzene rings is 1. The minimum atomic E-state index is -0.531. The molecule has 0 unspecified atom stereocenters. The first-order valence-corrected chi connectivity index (χ1v) is 5.16. The van der Waals surface area contributed by atoms with Crippen LogP contribution in [0.3, 0.4) is 0 Å². The number of pyridine rings is 1. The molecule has 0 amide bonds. The summed E-state index contributed by atoms with van der Waals surface area (Å²) >= 11 is 0. The summed E-state index contributed by atoms with van der Waals surface area (Å²) in [6, 6.07) is 8.29. The molecular formula is C12H11N3O3. The summed E-state index contributed by atoms with van der Waals surface area (Å²) in [5, 5.41) is 11.0. The van der Waals surface area contributed by atoms with Crippen LogP contribution < -0.4 is 10.5 Å². The Morgan fingerprint density at radius 3 is 2.83 bits per heavy atom. The molecule has 6 nitrogen and oxygen atoms in total. The van der Waals surface area contributed by atoms with E-state index in [0.29, 0.717) is 11.3 Å². The molecule has 2 N–H and O–H groups in total. The fraction of sp³-hybridized carbons (Fsp3) is 0.0833. The molecule has 6 heteroatoms. The van der Waals surface area contributed by atoms with Crippen LogP contribution in [0.25, 0.3) is 11.3 Å². The minimum absolute atomic E-state index is 0.0906. The summed E-state index contributed by atoms with van der Waals surface area (Å²) in [4.78, 5) is 14.5. The largest absolute Gasteiger partial charge is 0.497 e. The van der Waals surface area contributed by atoms with Crippen molar-refractivity contribution in [3.63, 3.8) is 0 Å². The molecule has 1 aromatic heterocycles. The lowest BCUT2D eigenvalue weighted by molar-refractivity contribution is -0.383. The van der Waals surface area contributed by atoms with Crippen molar-refractivity contribution in [3.05, 3.63) is 46.6 Å². The summed E-state index contributed by atoms with van der Waals surface area (Å²) in [5.41, 5.74) is 6.34. The van der Waals surface area contributed by atoms with E-state index in [1.54, 1.807) is 24.3 Å². The third kappa shape index (κ3) is 2.08. The Morgan fingerprint density at radius 2 is 2.17 bits per heavy atom. The summed E-state index contributed by atoms with van der Waals surface area (Å²) in [5.74, 6) is 0.603. The fourth-order valence-corrected chi connectivity index (χ4v) is 1.64. The van der Waals surface area contributed by atoms with Crippen LogP contribution >= 0.6 is 0 Å². The van der Waals surface area contributed by atoms with Gasteiger partial charge < -0.3 is 10.5 Å². The van der Waals surface area contributed by atoms with E-state index in [4.69, 9.17) is 10.5 Å². The molecule has 0 saturated carbocycles. The molecule has 0 aliphatic heterocycles. The number of methoxy groups -OCH3 is 1. The molecule has 2 rings (SSSR count). The van der Waals surface area contributed by atoms with Crippen LogP contribution in [0.2, 0.25) is 0 Å². The van der Waals surface area contributed by atoms with Gasteiger partial charge in [-0.25, -0.2) is 4.98 Å². The molecule has 18 heavy (non-hydrogen) atoms. The SMILES string of the molecule is COc1cccc(-c2nccc(N)c2[N+](=O)[O-])c1. The number of hydrogen-bond donors (Lipinski definition) is 1. The van der Waals surface area contributed by atoms with Crippen molar-refractivity contribution in [2.75, 3.05) is 12.8 Å². The molecule has 92 valence electrons. The topological polar surface area (TPSA) is 91.3 Å². The molecule has 0 aliphatic rings. The van der Waals surface area contributed by atoms with E-state index in [0.717, 1.165) is 0 Å². The van der Waals surface area contributed by atoms with Crippen LogP contribution in [-0.4, -0.2) is 17.0 Å². The van der Waals surface area contributed by atoms with Crippen molar-refractivity contribution in [2.24, 2.45) is 0 Å². The first-order chi connectivity index (χ1) is 8.63. The van der Waals surface area contributed by atoms with Gasteiger partial charge in [0.2, 0.25) is 0 Å². The number of nitro groups is 1. The van der Waals surface area contributed by atoms with Crippen LogP contribution in [0.5, 0.6) is 5.75 Å². The van der Waals surface area contributed by atoms with Crippen LogP contribution in [-0.2, 0) is 0 Å². The van der Waals surface area contributed by atoms with Gasteiger partial charge in [-0.1, -0.05) is 12.1 Å². The number of nitrogens with two attached hydrogens (primary N) is 1. The maximum atomic E-state index is 11.0. The molecule has 0 spiro atoms. The van der Waals surface area contributed by atoms with E-state index < -0.39 is 4.92 Å². The van der Waals surface area contributed by atoms with Gasteiger partial charge in [0.15, 0.2) is 5.69 Å². The van der Waals surface area contributed by atoms with Crippen molar-refractivity contribution in [2.45, 2.75) is 0 Å². The minimum Gasteiger partial charge on any atom is -0.497 e. The van der Waals surface area contributed by atoms with Crippen molar-refractivity contribution in [1.82, 2.24) is 4.98 Å². The molecule has 0 atom stereocenters. The van der Waals surface area contributed by atoms with E-state index in [-0.39, 0.29) is 17.1 Å². The Balaban J connectivity index is 2.63. The number of rotatable bonds is 3. The fourth-order valence-electron chi connectivity index (χ4n) is 1.64. The number of ether oxygens (including phenoxy) is 1. The predicted octanol–water partition coefficient (Wildman–Crippen LogP) is 2.25. The van der Waals surface area contributed by atoms with Crippen LogP contribution in [0.15, 0.2) is 36.5 Å². The highest BCUT2D eigenvalue weighted by Gasteiger charge is 2.20. The lowest BCUT2D eigenvalue weighted by Gasteiger charge is -2.06. The van der Waals surface area contributed by atoms with Crippen molar-refractivity contribution < 1.29 is 9.66 Å². The van der Waals surface area contributed by atoms with Gasteiger partial charge in [0.1, 0.15) is 11.4 Å². The Hall–Kier alpha value is -2.63. The maximum absolute atomic E-state index is 11.0. The number of anilines is 1. The second kappa shape index (κ2) is 4.70. The molecule has 2 aromatic rings. The smallest absolute Gasteiger partial charge is 0.318 e. The molecule has 0 bridgehead atoms. The van der Waals surface area contributed by atoms with Gasteiger partial charge in [-0.15, -0.1) is 0 Å². The first-order valence-electron chi connectivity index (χ1n) is 5.16. The van der Waals surface area contributed by atoms with Gasteiger partial charge in [0, 0.05) is 11.8 Å². The average molecular weight is 245 g/mol. The summed E-state index contributed by atoms with van der Waals surface area (Å²) in [6.45, 7) is 0. The van der Waals surface area contributed by atoms with Gasteiger partial charge in [-0.05, 0) is 18.2 Å². The van der Waals surface area contributed by atoms with E-state index in [9.17, 15) is 10.1 Å². The number of hydrogen-bond acceptors (Lipinski definition) is 5. The van der Waals surface area contributed by atoms with Gasteiger partial charge >= 0.3 is 5.69 Å². The van der Waals surface area contributed by atoms with Gasteiger partial charge in [-0.3, -0.25) is 10.1 Å². The number of nitrogens with zero attached hydrogens (tertiary/aromatic N) is 2. The van der Waals surface area contributed by atoms with E-state index in [2.05, 4.69) is 4.98 Å². The predicted molar refractivity (Wildman–Crippen MR) is 67.3 cm³/mol. The third-order valence-electron chi connectivity index (χ3n) is 2.48. The quantitative estimate of drug-likeness (QED) is 0.661. The van der Waals surface area contributed by atoms with Crippen LogP contribution in [0.1, 0.15) is 0 Å². The molecule has 0 aliphatic carbocycles. The molecule has 1 heterocycles. The van der Waals surface area contributed by atoms with Gasteiger partial charge in [0.05, 0.1) is 12.0 Å². The van der Waals surface area contributed by atoms with Gasteiger partial charge in [0.25, 0.3) is 0 Å². The molecule has 0 saturated heterocycles. The van der Waals surface area contributed by atoms with Crippen molar-refractivity contribution in [3.8, 4) is 17.0 Å². The number of nitrogen functional groups attached to an aromatic ring is 1. The highest BCUT2D eigenvalue weighted by Crippen LogP contribution is 2.33. The lowest BCUT2D eigenvalue weighted by Crippen LogP contribution is -2.00. The standard InChI is InChI=1S/C12H11N3O3/c1-18-9-4-2-3-8(7-9)11-12(15(16)17)10(13)5-6-14-11/h2-7H,1H3,(H2,13,14). The summed E-state index contributed by atoms with van der Waals surface area (Å²) in [7, 11) is 1.53. The molecular weight excluding hydrogens is 234 g/mol. The van der Waals surface area contributed by atoms with Crippen LogP contribution in [0.4, 0.5) is 11.4 Å². The Bertz CT molecular complexity index is 599. The van der Waals surface area contributed by atoms with E-state index in [1.165, 1.54) is 19.4 Å². The first kappa shape index (κ1) is 11.8. The van der Waals surface area contributed by atoms with E-state index in [1.807, 2.05) is 0 Å². The molecule has 1 aromatic carbocycles. The molecule has 0 radical (unpaired) electrons. The maximum Gasteiger partial charge on any atom is 0.318 e. The van der Waals surface area contributed by atoms with Crippen molar-refractivity contribution in [1.29, 1.82) is 0 Å². The summed E-state index contributed by atoms with van der Waals surface area (Å²) < 4.78 is 5.08. The Morgan fingerprint density at radius 1 is 1.39 bits per heavy atom. The zero-order chi connectivity index (χ0) is 13.1. The summed E-state index contributed by atoms with van der Waals surface area (Å²) in [6.07, 6.45) is 1.44. The lowest BCUT2D eigenvalue weighted by atomic mass is 10.1.